The number of halogens is 5. The van der Waals surface area contributed by atoms with Gasteiger partial charge in [-0.25, -0.2) is 18.7 Å². The van der Waals surface area contributed by atoms with Crippen LogP contribution in [0.3, 0.4) is 0 Å². The molecule has 0 unspecified atom stereocenters. The van der Waals surface area contributed by atoms with E-state index in [1.165, 1.54) is 24.8 Å². The second-order valence-corrected chi connectivity index (χ2v) is 17.5. The van der Waals surface area contributed by atoms with Crippen molar-refractivity contribution in [1.82, 2.24) is 25.5 Å². The fourth-order valence-electron chi connectivity index (χ4n) is 7.31. The van der Waals surface area contributed by atoms with Crippen molar-refractivity contribution in [3.05, 3.63) is 88.2 Å². The zero-order valence-corrected chi connectivity index (χ0v) is 36.0. The number of benzene rings is 2. The van der Waals surface area contributed by atoms with Gasteiger partial charge in [-0.15, -0.1) is 11.3 Å². The van der Waals surface area contributed by atoms with Gasteiger partial charge in [0.2, 0.25) is 11.8 Å². The summed E-state index contributed by atoms with van der Waals surface area (Å²) in [7, 11) is 0. The maximum absolute atomic E-state index is 15.5. The first kappa shape index (κ1) is 45.5. The summed E-state index contributed by atoms with van der Waals surface area (Å²) in [5.74, 6) is -6.23. The van der Waals surface area contributed by atoms with Gasteiger partial charge in [0.15, 0.2) is 23.4 Å². The number of thiocarbonyl (C=S) groups is 1. The van der Waals surface area contributed by atoms with Crippen molar-refractivity contribution in [3.8, 4) is 22.4 Å². The van der Waals surface area contributed by atoms with Gasteiger partial charge in [-0.3, -0.25) is 24.1 Å². The summed E-state index contributed by atoms with van der Waals surface area (Å²) >= 11 is 6.95. The van der Waals surface area contributed by atoms with E-state index in [9.17, 15) is 32.3 Å². The van der Waals surface area contributed by atoms with Gasteiger partial charge < -0.3 is 25.2 Å². The van der Waals surface area contributed by atoms with Gasteiger partial charge in [-0.05, 0) is 74.5 Å². The molecule has 2 aromatic carbocycles. The molecule has 2 saturated heterocycles. The predicted octanol–water partition coefficient (Wildman–Crippen LogP) is 6.82. The first-order valence-electron chi connectivity index (χ1n) is 19.2. The zero-order chi connectivity index (χ0) is 45.5. The quantitative estimate of drug-likeness (QED) is 0.121. The summed E-state index contributed by atoms with van der Waals surface area (Å²) < 4.78 is 77.6. The predicted molar refractivity (Wildman–Crippen MR) is 223 cm³/mol. The summed E-state index contributed by atoms with van der Waals surface area (Å²) in [5, 5.41) is 14.2. The SMILES string of the molecule is Cc1ncsc1-c1ccc(CNC(=O)[C@@H]2CCCN2C(=O)[C@@H](NC(=O)COc2ncc(N3C(=S)N(c4ccc(C#N)c(C(F)(F)F)c4F)C(=O)C3(C)C)cc2F)C(C)(C)C)cc1. The van der Waals surface area contributed by atoms with Crippen molar-refractivity contribution in [1.29, 1.82) is 5.26 Å². The van der Waals surface area contributed by atoms with E-state index in [4.69, 9.17) is 22.2 Å². The Hall–Kier alpha value is -6.07. The molecular formula is C42H41F5N8O5S2. The van der Waals surface area contributed by atoms with Crippen molar-refractivity contribution < 1.29 is 45.9 Å². The Morgan fingerprint density at radius 2 is 1.79 bits per heavy atom. The molecule has 2 atom stereocenters. The Morgan fingerprint density at radius 3 is 2.39 bits per heavy atom. The molecule has 4 aromatic rings. The number of likely N-dealkylation sites (tertiary alicyclic amines) is 1. The number of pyridine rings is 1. The molecule has 2 fully saturated rings. The molecule has 20 heteroatoms. The van der Waals surface area contributed by atoms with Crippen LogP contribution in [0.1, 0.15) is 69.8 Å². The smallest absolute Gasteiger partial charge is 0.420 e. The first-order valence-corrected chi connectivity index (χ1v) is 20.5. The van der Waals surface area contributed by atoms with Crippen LogP contribution in [0, 0.1) is 35.3 Å². The minimum atomic E-state index is -5.28. The van der Waals surface area contributed by atoms with E-state index in [0.29, 0.717) is 23.8 Å². The number of aryl methyl sites for hydroxylation is 1. The third kappa shape index (κ3) is 8.95. The van der Waals surface area contributed by atoms with Gasteiger partial charge in [0, 0.05) is 19.2 Å². The lowest BCUT2D eigenvalue weighted by molar-refractivity contribution is -0.144. The van der Waals surface area contributed by atoms with Crippen molar-refractivity contribution in [2.24, 2.45) is 5.41 Å². The number of carbonyl (C=O) groups excluding carboxylic acids is 4. The van der Waals surface area contributed by atoms with E-state index < -0.39 is 93.0 Å². The minimum absolute atomic E-state index is 0.155. The highest BCUT2D eigenvalue weighted by Gasteiger charge is 2.52. The number of ether oxygens (including phenoxy) is 1. The molecule has 326 valence electrons. The van der Waals surface area contributed by atoms with E-state index in [1.54, 1.807) is 37.6 Å². The number of anilines is 2. The number of alkyl halides is 3. The molecule has 0 saturated carbocycles. The number of amides is 4. The summed E-state index contributed by atoms with van der Waals surface area (Å²) in [6.07, 6.45) is -3.25. The molecule has 62 heavy (non-hydrogen) atoms. The van der Waals surface area contributed by atoms with Gasteiger partial charge >= 0.3 is 6.18 Å². The Labute approximate surface area is 362 Å². The second-order valence-electron chi connectivity index (χ2n) is 16.3. The molecule has 0 aliphatic carbocycles. The topological polar surface area (TPSA) is 161 Å². The Bertz CT molecular complexity index is 2480. The number of carbonyl (C=O) groups is 4. The van der Waals surface area contributed by atoms with Gasteiger partial charge in [-0.1, -0.05) is 45.0 Å². The van der Waals surface area contributed by atoms with Gasteiger partial charge in [0.25, 0.3) is 17.7 Å². The lowest BCUT2D eigenvalue weighted by Crippen LogP contribution is -2.58. The number of hydrogen-bond donors (Lipinski definition) is 2. The average Bonchev–Trinajstić information content (AvgIpc) is 3.91. The molecule has 0 radical (unpaired) electrons. The van der Waals surface area contributed by atoms with Crippen LogP contribution < -0.4 is 25.2 Å². The molecule has 0 spiro atoms. The highest BCUT2D eigenvalue weighted by Crippen LogP contribution is 2.42. The molecule has 6 rings (SSSR count). The standard InChI is InChI=1S/C42H41F5N8O5S2/c1-22-33(62-21-51-22)24-11-9-23(10-12-24)18-49-35(57)29-8-7-15-53(29)37(58)34(40(2,3)4)52-30(56)20-60-36-27(43)16-26(19-50-36)55-39(61)54(38(59)41(55,5)6)28-14-13-25(17-48)31(32(28)44)42(45,46)47/h9-14,16,19,21,29,34H,7-8,15,18,20H2,1-6H3,(H,49,57)(H,52,56)/t29-,34+/m0/s1. The van der Waals surface area contributed by atoms with Crippen LogP contribution in [0.2, 0.25) is 0 Å². The zero-order valence-electron chi connectivity index (χ0n) is 34.3. The Balaban J connectivity index is 1.10. The highest BCUT2D eigenvalue weighted by atomic mass is 32.1. The number of thiazole rings is 1. The van der Waals surface area contributed by atoms with Crippen LogP contribution in [0.15, 0.2) is 54.2 Å². The largest absolute Gasteiger partial charge is 0.465 e. The summed E-state index contributed by atoms with van der Waals surface area (Å²) in [6, 6.07) is 9.55. The number of nitrogens with zero attached hydrogens (tertiary/aromatic N) is 6. The molecule has 2 aliphatic rings. The van der Waals surface area contributed by atoms with E-state index in [2.05, 4.69) is 20.6 Å². The Kier molecular flexibility index (Phi) is 12.7. The van der Waals surface area contributed by atoms with Crippen LogP contribution in [0.5, 0.6) is 5.88 Å². The lowest BCUT2D eigenvalue weighted by atomic mass is 9.85. The van der Waals surface area contributed by atoms with E-state index in [1.807, 2.05) is 31.2 Å². The van der Waals surface area contributed by atoms with Gasteiger partial charge in [0.05, 0.1) is 45.3 Å². The number of nitrogens with one attached hydrogen (secondary N) is 2. The lowest BCUT2D eigenvalue weighted by Gasteiger charge is -2.35. The Morgan fingerprint density at radius 1 is 1.10 bits per heavy atom. The van der Waals surface area contributed by atoms with Crippen LogP contribution >= 0.6 is 23.6 Å². The van der Waals surface area contributed by atoms with E-state index in [-0.39, 0.29) is 24.7 Å². The van der Waals surface area contributed by atoms with Crippen LogP contribution in [0.4, 0.5) is 33.3 Å². The number of aromatic nitrogens is 2. The minimum Gasteiger partial charge on any atom is -0.465 e. The summed E-state index contributed by atoms with van der Waals surface area (Å²) in [5.41, 5.74) is -1.81. The first-order chi connectivity index (χ1) is 29.1. The van der Waals surface area contributed by atoms with Gasteiger partial charge in [-0.2, -0.15) is 18.4 Å². The molecule has 2 N–H and O–H groups in total. The van der Waals surface area contributed by atoms with Crippen LogP contribution in [-0.2, 0) is 31.9 Å². The fraction of sp³-hybridized carbons (Fsp3) is 0.381. The molecule has 2 aromatic heterocycles. The molecular weight excluding hydrogens is 856 g/mol. The van der Waals surface area contributed by atoms with Gasteiger partial charge in [0.1, 0.15) is 23.2 Å². The molecule has 2 aliphatic heterocycles. The number of nitriles is 1. The molecule has 4 amide bonds. The van der Waals surface area contributed by atoms with Crippen molar-refractivity contribution in [2.75, 3.05) is 23.0 Å². The molecule has 0 bridgehead atoms. The van der Waals surface area contributed by atoms with Crippen molar-refractivity contribution in [2.45, 2.75) is 84.7 Å². The van der Waals surface area contributed by atoms with Crippen LogP contribution in [0.25, 0.3) is 10.4 Å². The van der Waals surface area contributed by atoms with E-state index >= 15 is 8.78 Å². The molecule has 13 nitrogen and oxygen atoms in total. The normalized spacial score (nSPS) is 16.9. The maximum atomic E-state index is 15.5. The fourth-order valence-corrected chi connectivity index (χ4v) is 8.63. The number of hydrogen-bond acceptors (Lipinski definition) is 10. The maximum Gasteiger partial charge on any atom is 0.420 e. The third-order valence-electron chi connectivity index (χ3n) is 10.5. The summed E-state index contributed by atoms with van der Waals surface area (Å²) in [4.78, 5) is 66.5. The monoisotopic (exact) mass is 896 g/mol. The van der Waals surface area contributed by atoms with Crippen LogP contribution in [-0.4, -0.2) is 74.4 Å². The number of rotatable bonds is 11. The average molecular weight is 897 g/mol. The van der Waals surface area contributed by atoms with E-state index in [0.717, 1.165) is 44.9 Å². The van der Waals surface area contributed by atoms with Crippen molar-refractivity contribution in [3.63, 3.8) is 0 Å². The summed E-state index contributed by atoms with van der Waals surface area (Å²) in [6.45, 7) is 9.55. The third-order valence-corrected chi connectivity index (χ3v) is 11.9. The highest BCUT2D eigenvalue weighted by molar-refractivity contribution is 7.81. The molecule has 4 heterocycles. The second kappa shape index (κ2) is 17.4. The van der Waals surface area contributed by atoms with Crippen molar-refractivity contribution >= 4 is 63.7 Å².